The number of hydrogen-bond acceptors (Lipinski definition) is 1. The molecule has 2 aliphatic rings. The van der Waals surface area contributed by atoms with Crippen molar-refractivity contribution in [2.75, 3.05) is 6.61 Å². The van der Waals surface area contributed by atoms with Gasteiger partial charge in [0.05, 0.1) is 12.9 Å². The van der Waals surface area contributed by atoms with Crippen LogP contribution in [0, 0.1) is 12.3 Å². The predicted octanol–water partition coefficient (Wildman–Crippen LogP) is 1.85. The van der Waals surface area contributed by atoms with Crippen LogP contribution >= 0.6 is 0 Å². The zero-order valence-corrected chi connectivity index (χ0v) is 5.66. The summed E-state index contributed by atoms with van der Waals surface area (Å²) in [6.45, 7) is 0.742. The van der Waals surface area contributed by atoms with E-state index in [0.29, 0.717) is 5.92 Å². The van der Waals surface area contributed by atoms with Crippen molar-refractivity contribution in [3.05, 3.63) is 42.6 Å². The molecular formula is C9H9O. The number of allylic oxidation sites excluding steroid dienone is 5. The van der Waals surface area contributed by atoms with Crippen LogP contribution in [0.25, 0.3) is 0 Å². The third-order valence-electron chi connectivity index (χ3n) is 1.77. The summed E-state index contributed by atoms with van der Waals surface area (Å²) in [7, 11) is 0. The fourth-order valence-electron chi connectivity index (χ4n) is 1.21. The largest absolute Gasteiger partial charge is 0.501 e. The molecule has 1 unspecified atom stereocenters. The van der Waals surface area contributed by atoms with Gasteiger partial charge in [-0.1, -0.05) is 24.3 Å². The molecule has 1 aliphatic carbocycles. The van der Waals surface area contributed by atoms with Crippen LogP contribution in [0.15, 0.2) is 36.1 Å². The smallest absolute Gasteiger partial charge is 0.0914 e. The Balaban J connectivity index is 2.27. The Morgan fingerprint density at radius 2 is 2.40 bits per heavy atom. The average Bonchev–Trinajstić information content (AvgIpc) is 2.05. The highest BCUT2D eigenvalue weighted by molar-refractivity contribution is 5.35. The maximum atomic E-state index is 5.14. The maximum Gasteiger partial charge on any atom is 0.0914 e. The minimum absolute atomic E-state index is 0.499. The summed E-state index contributed by atoms with van der Waals surface area (Å²) in [5.41, 5.74) is 1.26. The first-order valence-corrected chi connectivity index (χ1v) is 3.47. The van der Waals surface area contributed by atoms with E-state index in [1.807, 2.05) is 12.3 Å². The average molecular weight is 133 g/mol. The van der Waals surface area contributed by atoms with Crippen LogP contribution < -0.4 is 0 Å². The first-order chi connectivity index (χ1) is 4.97. The summed E-state index contributed by atoms with van der Waals surface area (Å²) in [6.07, 6.45) is 12.4. The molecule has 0 saturated heterocycles. The summed E-state index contributed by atoms with van der Waals surface area (Å²) in [4.78, 5) is 0. The van der Waals surface area contributed by atoms with Crippen molar-refractivity contribution in [1.82, 2.24) is 0 Å². The zero-order chi connectivity index (χ0) is 6.81. The van der Waals surface area contributed by atoms with Gasteiger partial charge in [0.2, 0.25) is 0 Å². The summed E-state index contributed by atoms with van der Waals surface area (Å²) in [5, 5.41) is 0. The fraction of sp³-hybridized carbons (Fsp3) is 0.222. The second kappa shape index (κ2) is 2.33. The Morgan fingerprint density at radius 1 is 1.40 bits per heavy atom. The Bertz CT molecular complexity index is 211. The SMILES string of the molecule is [CH]1COC=C2C=CC=CC12. The van der Waals surface area contributed by atoms with E-state index in [-0.39, 0.29) is 0 Å². The summed E-state index contributed by atoms with van der Waals surface area (Å²) < 4.78 is 5.14. The van der Waals surface area contributed by atoms with Crippen LogP contribution in [-0.2, 0) is 4.74 Å². The molecule has 51 valence electrons. The molecule has 0 amide bonds. The van der Waals surface area contributed by atoms with E-state index in [2.05, 4.69) is 24.6 Å². The second-order valence-corrected chi connectivity index (χ2v) is 2.46. The summed E-state index contributed by atoms with van der Waals surface area (Å²) in [5.74, 6) is 0.499. The van der Waals surface area contributed by atoms with Crippen LogP contribution in [0.3, 0.4) is 0 Å². The van der Waals surface area contributed by atoms with Crippen LogP contribution in [0.5, 0.6) is 0 Å². The molecule has 0 fully saturated rings. The van der Waals surface area contributed by atoms with Crippen LogP contribution in [0.1, 0.15) is 0 Å². The fourth-order valence-corrected chi connectivity index (χ4v) is 1.21. The molecule has 0 bridgehead atoms. The van der Waals surface area contributed by atoms with Crippen molar-refractivity contribution >= 4 is 0 Å². The normalized spacial score (nSPS) is 28.8. The molecule has 1 radical (unpaired) electrons. The maximum absolute atomic E-state index is 5.14. The van der Waals surface area contributed by atoms with Crippen molar-refractivity contribution < 1.29 is 4.74 Å². The molecule has 0 saturated carbocycles. The number of ether oxygens (including phenoxy) is 1. The van der Waals surface area contributed by atoms with Gasteiger partial charge in [-0.15, -0.1) is 0 Å². The number of hydrogen-bond donors (Lipinski definition) is 0. The van der Waals surface area contributed by atoms with Gasteiger partial charge in [-0.3, -0.25) is 0 Å². The lowest BCUT2D eigenvalue weighted by atomic mass is 9.92. The topological polar surface area (TPSA) is 9.23 Å². The molecule has 0 aromatic carbocycles. The van der Waals surface area contributed by atoms with Crippen molar-refractivity contribution in [3.8, 4) is 0 Å². The van der Waals surface area contributed by atoms with Crippen molar-refractivity contribution in [3.63, 3.8) is 0 Å². The lowest BCUT2D eigenvalue weighted by Crippen LogP contribution is -2.11. The molecule has 1 heterocycles. The van der Waals surface area contributed by atoms with Crippen molar-refractivity contribution in [2.45, 2.75) is 0 Å². The van der Waals surface area contributed by atoms with Crippen molar-refractivity contribution in [1.29, 1.82) is 0 Å². The van der Waals surface area contributed by atoms with E-state index >= 15 is 0 Å². The third kappa shape index (κ3) is 0.878. The van der Waals surface area contributed by atoms with Crippen LogP contribution in [0.2, 0.25) is 0 Å². The van der Waals surface area contributed by atoms with Gasteiger partial charge in [0.1, 0.15) is 0 Å². The van der Waals surface area contributed by atoms with Crippen LogP contribution in [-0.4, -0.2) is 6.61 Å². The molecule has 0 spiro atoms. The summed E-state index contributed by atoms with van der Waals surface area (Å²) >= 11 is 0. The van der Waals surface area contributed by atoms with Gasteiger partial charge in [0.15, 0.2) is 0 Å². The lowest BCUT2D eigenvalue weighted by Gasteiger charge is -2.20. The third-order valence-corrected chi connectivity index (χ3v) is 1.77. The number of rotatable bonds is 0. The van der Waals surface area contributed by atoms with Gasteiger partial charge in [-0.2, -0.15) is 0 Å². The van der Waals surface area contributed by atoms with E-state index in [9.17, 15) is 0 Å². The van der Waals surface area contributed by atoms with Gasteiger partial charge < -0.3 is 4.74 Å². The molecule has 1 atom stereocenters. The standard InChI is InChI=1S/C9H9O/c1-2-4-9-7-10-6-5-8(9)3-1/h1-5,7-8H,6H2. The minimum atomic E-state index is 0.499. The predicted molar refractivity (Wildman–Crippen MR) is 40.1 cm³/mol. The molecule has 2 rings (SSSR count). The van der Waals surface area contributed by atoms with Gasteiger partial charge >= 0.3 is 0 Å². The van der Waals surface area contributed by atoms with E-state index in [0.717, 1.165) is 6.61 Å². The minimum Gasteiger partial charge on any atom is -0.501 e. The Hall–Kier alpha value is -0.980. The quantitative estimate of drug-likeness (QED) is 0.490. The molecule has 0 aromatic rings. The van der Waals surface area contributed by atoms with Gasteiger partial charge in [-0.25, -0.2) is 0 Å². The van der Waals surface area contributed by atoms with E-state index in [4.69, 9.17) is 4.74 Å². The highest BCUT2D eigenvalue weighted by atomic mass is 16.5. The summed E-state index contributed by atoms with van der Waals surface area (Å²) in [6, 6.07) is 0. The molecule has 0 N–H and O–H groups in total. The van der Waals surface area contributed by atoms with Gasteiger partial charge in [-0.05, 0) is 5.57 Å². The first-order valence-electron chi connectivity index (χ1n) is 3.47. The Labute approximate surface area is 60.7 Å². The molecule has 1 heteroatoms. The highest BCUT2D eigenvalue weighted by Crippen LogP contribution is 2.24. The zero-order valence-electron chi connectivity index (χ0n) is 5.66. The Morgan fingerprint density at radius 3 is 3.30 bits per heavy atom. The molecule has 0 aromatic heterocycles. The monoisotopic (exact) mass is 133 g/mol. The number of fused-ring (bicyclic) bond motifs is 1. The first kappa shape index (κ1) is 5.78. The van der Waals surface area contributed by atoms with Crippen molar-refractivity contribution in [2.24, 2.45) is 5.92 Å². The van der Waals surface area contributed by atoms with Crippen LogP contribution in [0.4, 0.5) is 0 Å². The molecule has 10 heavy (non-hydrogen) atoms. The molecule has 1 aliphatic heterocycles. The lowest BCUT2D eigenvalue weighted by molar-refractivity contribution is 0.252. The van der Waals surface area contributed by atoms with Gasteiger partial charge in [0.25, 0.3) is 0 Å². The van der Waals surface area contributed by atoms with E-state index in [1.165, 1.54) is 5.57 Å². The van der Waals surface area contributed by atoms with E-state index < -0.39 is 0 Å². The Kier molecular flexibility index (Phi) is 1.35. The molecule has 1 nitrogen and oxygen atoms in total. The van der Waals surface area contributed by atoms with E-state index in [1.54, 1.807) is 0 Å². The molecular weight excluding hydrogens is 124 g/mol. The van der Waals surface area contributed by atoms with Gasteiger partial charge in [0, 0.05) is 12.3 Å². The highest BCUT2D eigenvalue weighted by Gasteiger charge is 2.14. The second-order valence-electron chi connectivity index (χ2n) is 2.46.